The van der Waals surface area contributed by atoms with Crippen molar-refractivity contribution in [3.05, 3.63) is 41.5 Å². The summed E-state index contributed by atoms with van der Waals surface area (Å²) in [5.74, 6) is 0. The van der Waals surface area contributed by atoms with Gasteiger partial charge in [-0.3, -0.25) is 0 Å². The van der Waals surface area contributed by atoms with Gasteiger partial charge in [0.05, 0.1) is 4.90 Å². The number of hydrogen-bond acceptors (Lipinski definition) is 3. The van der Waals surface area contributed by atoms with Crippen LogP contribution in [0.2, 0.25) is 0 Å². The minimum absolute atomic E-state index is 0. The maximum Gasteiger partial charge on any atom is 1.00 e. The molecule has 0 radical (unpaired) electrons. The quantitative estimate of drug-likeness (QED) is 0.377. The third-order valence-corrected chi connectivity index (χ3v) is 5.35. The Balaban J connectivity index is 0.00000312. The van der Waals surface area contributed by atoms with Gasteiger partial charge in [-0.1, -0.05) is 63.8 Å². The van der Waals surface area contributed by atoms with Gasteiger partial charge < -0.3 is 4.55 Å². The predicted molar refractivity (Wildman–Crippen MR) is 98.4 cm³/mol. The fraction of sp³-hybridized carbons (Fsp3) is 0.500. The van der Waals surface area contributed by atoms with Crippen LogP contribution in [0.25, 0.3) is 10.8 Å². The fourth-order valence-corrected chi connectivity index (χ4v) is 3.99. The smallest absolute Gasteiger partial charge is 0.744 e. The van der Waals surface area contributed by atoms with Gasteiger partial charge in [-0.15, -0.1) is 0 Å². The van der Waals surface area contributed by atoms with E-state index in [9.17, 15) is 13.0 Å². The second-order valence-corrected chi connectivity index (χ2v) is 7.83. The predicted octanol–water partition coefficient (Wildman–Crippen LogP) is 2.21. The summed E-state index contributed by atoms with van der Waals surface area (Å²) in [5.41, 5.74) is 2.24. The third kappa shape index (κ3) is 6.72. The number of aryl methyl sites for hydroxylation is 2. The molecule has 132 valence electrons. The molecule has 2 aromatic carbocycles. The number of fused-ring (bicyclic) bond motifs is 1. The molecule has 0 saturated carbocycles. The van der Waals surface area contributed by atoms with Gasteiger partial charge in [-0.2, -0.15) is 0 Å². The molecule has 0 aliphatic rings. The van der Waals surface area contributed by atoms with Crippen molar-refractivity contribution in [2.45, 2.75) is 70.1 Å². The van der Waals surface area contributed by atoms with Gasteiger partial charge in [0, 0.05) is 5.39 Å². The van der Waals surface area contributed by atoms with Crippen molar-refractivity contribution in [2.24, 2.45) is 0 Å². The van der Waals surface area contributed by atoms with Crippen molar-refractivity contribution < 1.29 is 64.4 Å². The standard InChI is InChI=1S/C20H28O3S.K/c1-3-5-7-10-16-14-17(11-8-6-4-2)20-18(15-16)12-9-13-19(20)24(21,22)23;/h9,12-15H,3-8,10-11H2,1-2H3,(H,21,22,23);/q;+1/p-1. The molecule has 0 saturated heterocycles. The van der Waals surface area contributed by atoms with E-state index < -0.39 is 10.1 Å². The van der Waals surface area contributed by atoms with E-state index in [-0.39, 0.29) is 56.3 Å². The number of hydrogen-bond donors (Lipinski definition) is 0. The minimum Gasteiger partial charge on any atom is -0.744 e. The number of rotatable bonds is 9. The van der Waals surface area contributed by atoms with Crippen molar-refractivity contribution in [2.75, 3.05) is 0 Å². The molecule has 0 amide bonds. The van der Waals surface area contributed by atoms with Crippen LogP contribution in [0.3, 0.4) is 0 Å². The van der Waals surface area contributed by atoms with E-state index in [0.29, 0.717) is 5.39 Å². The van der Waals surface area contributed by atoms with Crippen molar-refractivity contribution >= 4 is 20.9 Å². The first kappa shape index (κ1) is 23.3. The maximum absolute atomic E-state index is 11.7. The molecule has 0 heterocycles. The molecule has 0 aliphatic heterocycles. The van der Waals surface area contributed by atoms with Gasteiger partial charge in [0.25, 0.3) is 0 Å². The third-order valence-electron chi connectivity index (χ3n) is 4.47. The Morgan fingerprint density at radius 2 is 1.56 bits per heavy atom. The van der Waals surface area contributed by atoms with E-state index in [0.717, 1.165) is 49.5 Å². The molecule has 0 N–H and O–H groups in total. The summed E-state index contributed by atoms with van der Waals surface area (Å²) in [6, 6.07) is 9.17. The van der Waals surface area contributed by atoms with Gasteiger partial charge >= 0.3 is 51.4 Å². The Morgan fingerprint density at radius 1 is 0.920 bits per heavy atom. The molecule has 2 rings (SSSR count). The first-order valence-electron chi connectivity index (χ1n) is 8.97. The van der Waals surface area contributed by atoms with E-state index in [2.05, 4.69) is 19.9 Å². The first-order valence-corrected chi connectivity index (χ1v) is 10.4. The Bertz CT molecular complexity index is 785. The summed E-state index contributed by atoms with van der Waals surface area (Å²) in [6.07, 6.45) is 8.55. The first-order chi connectivity index (χ1) is 11.5. The summed E-state index contributed by atoms with van der Waals surface area (Å²) in [7, 11) is -4.47. The molecule has 5 heteroatoms. The van der Waals surface area contributed by atoms with E-state index in [1.54, 1.807) is 6.07 Å². The summed E-state index contributed by atoms with van der Waals surface area (Å²) in [4.78, 5) is -0.0772. The van der Waals surface area contributed by atoms with Gasteiger partial charge in [0.15, 0.2) is 0 Å². The fourth-order valence-electron chi connectivity index (χ4n) is 3.24. The molecule has 0 aromatic heterocycles. The second-order valence-electron chi connectivity index (χ2n) is 6.48. The molecule has 25 heavy (non-hydrogen) atoms. The molecule has 0 unspecified atom stereocenters. The van der Waals surface area contributed by atoms with Crippen LogP contribution < -0.4 is 51.4 Å². The van der Waals surface area contributed by atoms with Crippen LogP contribution in [0.4, 0.5) is 0 Å². The van der Waals surface area contributed by atoms with Crippen LogP contribution in [0, 0.1) is 0 Å². The minimum atomic E-state index is -4.47. The Hall–Kier alpha value is 0.246. The zero-order chi connectivity index (χ0) is 17.6. The molecular weight excluding hydrogens is 359 g/mol. The molecule has 0 atom stereocenters. The zero-order valence-electron chi connectivity index (χ0n) is 15.7. The van der Waals surface area contributed by atoms with E-state index >= 15 is 0 Å². The summed E-state index contributed by atoms with van der Waals surface area (Å²) in [6.45, 7) is 4.33. The Kier molecular flexibility index (Phi) is 10.4. The molecular formula is C20H27KO3S. The average Bonchev–Trinajstić information content (AvgIpc) is 2.54. The Labute approximate surface area is 194 Å². The van der Waals surface area contributed by atoms with Crippen molar-refractivity contribution in [1.82, 2.24) is 0 Å². The summed E-state index contributed by atoms with van der Waals surface area (Å²) >= 11 is 0. The largest absolute Gasteiger partial charge is 1.00 e. The van der Waals surface area contributed by atoms with Gasteiger partial charge in [-0.05, 0) is 48.3 Å². The molecule has 2 aromatic rings. The van der Waals surface area contributed by atoms with Crippen LogP contribution in [-0.4, -0.2) is 13.0 Å². The van der Waals surface area contributed by atoms with Crippen molar-refractivity contribution in [3.8, 4) is 0 Å². The summed E-state index contributed by atoms with van der Waals surface area (Å²) < 4.78 is 35.0. The van der Waals surface area contributed by atoms with E-state index in [1.807, 2.05) is 12.1 Å². The number of benzene rings is 2. The van der Waals surface area contributed by atoms with Gasteiger partial charge in [-0.25, -0.2) is 8.42 Å². The zero-order valence-corrected chi connectivity index (χ0v) is 19.6. The molecule has 0 fully saturated rings. The topological polar surface area (TPSA) is 57.2 Å². The molecule has 0 bridgehead atoms. The number of unbranched alkanes of at least 4 members (excludes halogenated alkanes) is 4. The second kappa shape index (κ2) is 11.2. The van der Waals surface area contributed by atoms with Crippen LogP contribution in [0.5, 0.6) is 0 Å². The monoisotopic (exact) mass is 386 g/mol. The SMILES string of the molecule is CCCCCc1cc(CCCCC)c2c(S(=O)(=O)[O-])cccc2c1.[K+]. The summed E-state index contributed by atoms with van der Waals surface area (Å²) in [5, 5.41) is 1.50. The van der Waals surface area contributed by atoms with Crippen LogP contribution in [-0.2, 0) is 23.0 Å². The van der Waals surface area contributed by atoms with E-state index in [1.165, 1.54) is 24.5 Å². The van der Waals surface area contributed by atoms with Gasteiger partial charge in [0.2, 0.25) is 0 Å². The molecule has 0 spiro atoms. The molecule has 3 nitrogen and oxygen atoms in total. The molecule has 0 aliphatic carbocycles. The van der Waals surface area contributed by atoms with E-state index in [4.69, 9.17) is 0 Å². The normalized spacial score (nSPS) is 11.5. The Morgan fingerprint density at radius 3 is 2.16 bits per heavy atom. The van der Waals surface area contributed by atoms with Crippen LogP contribution in [0.15, 0.2) is 35.2 Å². The van der Waals surface area contributed by atoms with Gasteiger partial charge in [0.1, 0.15) is 10.1 Å². The average molecular weight is 387 g/mol. The van der Waals surface area contributed by atoms with Crippen LogP contribution >= 0.6 is 0 Å². The van der Waals surface area contributed by atoms with Crippen molar-refractivity contribution in [3.63, 3.8) is 0 Å². The maximum atomic E-state index is 11.7. The van der Waals surface area contributed by atoms with Crippen molar-refractivity contribution in [1.29, 1.82) is 0 Å². The van der Waals surface area contributed by atoms with Crippen LogP contribution in [0.1, 0.15) is 63.5 Å².